The molecule has 0 aliphatic rings. The maximum atomic E-state index is 12.2. The van der Waals surface area contributed by atoms with Gasteiger partial charge in [0.1, 0.15) is 5.01 Å². The molecule has 0 amide bonds. The summed E-state index contributed by atoms with van der Waals surface area (Å²) < 4.78 is 31.4. The summed E-state index contributed by atoms with van der Waals surface area (Å²) in [6, 6.07) is 5.89. The molecule has 0 spiro atoms. The first-order valence-electron chi connectivity index (χ1n) is 5.60. The number of methoxy groups -OCH3 is 1. The van der Waals surface area contributed by atoms with Crippen LogP contribution in [0.5, 0.6) is 0 Å². The van der Waals surface area contributed by atoms with Gasteiger partial charge in [-0.1, -0.05) is 12.1 Å². The Morgan fingerprint density at radius 2 is 2.15 bits per heavy atom. The minimum atomic E-state index is -3.81. The highest BCUT2D eigenvalue weighted by molar-refractivity contribution is 7.89. The summed E-state index contributed by atoms with van der Waals surface area (Å²) in [6.45, 7) is 0.0789. The highest BCUT2D eigenvalue weighted by Gasteiger charge is 2.22. The summed E-state index contributed by atoms with van der Waals surface area (Å²) in [5, 5.41) is 2.40. The van der Waals surface area contributed by atoms with Crippen LogP contribution >= 0.6 is 11.3 Å². The predicted octanol–water partition coefficient (Wildman–Crippen LogP) is 1.41. The van der Waals surface area contributed by atoms with E-state index in [1.807, 2.05) is 0 Å². The number of nitrogens with zero attached hydrogens (tertiary/aromatic N) is 1. The van der Waals surface area contributed by atoms with E-state index < -0.39 is 16.0 Å². The molecule has 1 heterocycles. The number of aromatic nitrogens is 1. The van der Waals surface area contributed by atoms with Crippen LogP contribution in [0.3, 0.4) is 0 Å². The van der Waals surface area contributed by atoms with E-state index in [9.17, 15) is 13.2 Å². The number of carbonyl (C=O) groups is 1. The molecule has 1 aromatic heterocycles. The number of benzene rings is 1. The average molecular weight is 312 g/mol. The first-order valence-corrected chi connectivity index (χ1v) is 7.96. The van der Waals surface area contributed by atoms with Gasteiger partial charge in [0.15, 0.2) is 0 Å². The van der Waals surface area contributed by atoms with Crippen molar-refractivity contribution >= 4 is 27.3 Å². The number of nitrogens with one attached hydrogen (secondary N) is 1. The molecule has 1 N–H and O–H groups in total. The molecule has 8 heteroatoms. The summed E-state index contributed by atoms with van der Waals surface area (Å²) in [7, 11) is -2.60. The van der Waals surface area contributed by atoms with Crippen LogP contribution in [0.2, 0.25) is 0 Å². The molecule has 106 valence electrons. The van der Waals surface area contributed by atoms with E-state index in [1.165, 1.54) is 30.6 Å². The lowest BCUT2D eigenvalue weighted by atomic mass is 10.2. The lowest BCUT2D eigenvalue weighted by molar-refractivity contribution is 0.0596. The van der Waals surface area contributed by atoms with Crippen molar-refractivity contribution in [2.24, 2.45) is 0 Å². The highest BCUT2D eigenvalue weighted by Crippen LogP contribution is 2.17. The smallest absolute Gasteiger partial charge is 0.339 e. The number of ether oxygens (including phenoxy) is 1. The Bertz CT molecular complexity index is 696. The monoisotopic (exact) mass is 312 g/mol. The molecule has 2 aromatic rings. The third-order valence-corrected chi connectivity index (χ3v) is 4.72. The minimum Gasteiger partial charge on any atom is -0.465 e. The fraction of sp³-hybridized carbons (Fsp3) is 0.167. The summed E-state index contributed by atoms with van der Waals surface area (Å²) in [5.41, 5.74) is 0.00152. The molecule has 0 radical (unpaired) electrons. The van der Waals surface area contributed by atoms with E-state index >= 15 is 0 Å². The summed E-state index contributed by atoms with van der Waals surface area (Å²) in [4.78, 5) is 15.5. The minimum absolute atomic E-state index is 0.00152. The Kier molecular flexibility index (Phi) is 4.48. The van der Waals surface area contributed by atoms with Gasteiger partial charge in [-0.15, -0.1) is 11.3 Å². The lowest BCUT2D eigenvalue weighted by Crippen LogP contribution is -2.25. The van der Waals surface area contributed by atoms with Gasteiger partial charge in [-0.2, -0.15) is 0 Å². The van der Waals surface area contributed by atoms with Gasteiger partial charge in [0.2, 0.25) is 10.0 Å². The van der Waals surface area contributed by atoms with E-state index in [-0.39, 0.29) is 17.0 Å². The fourth-order valence-electron chi connectivity index (χ4n) is 1.55. The van der Waals surface area contributed by atoms with Crippen LogP contribution in [0.25, 0.3) is 0 Å². The van der Waals surface area contributed by atoms with Crippen LogP contribution in [0.1, 0.15) is 15.4 Å². The van der Waals surface area contributed by atoms with Gasteiger partial charge in [-0.25, -0.2) is 22.9 Å². The van der Waals surface area contributed by atoms with Crippen molar-refractivity contribution in [3.05, 3.63) is 46.4 Å². The third-order valence-electron chi connectivity index (χ3n) is 2.48. The topological polar surface area (TPSA) is 85.4 Å². The van der Waals surface area contributed by atoms with E-state index in [4.69, 9.17) is 0 Å². The van der Waals surface area contributed by atoms with Crippen molar-refractivity contribution in [3.63, 3.8) is 0 Å². The van der Waals surface area contributed by atoms with Gasteiger partial charge in [0, 0.05) is 11.6 Å². The van der Waals surface area contributed by atoms with E-state index in [2.05, 4.69) is 14.4 Å². The van der Waals surface area contributed by atoms with Gasteiger partial charge in [-0.3, -0.25) is 0 Å². The molecule has 1 aromatic carbocycles. The summed E-state index contributed by atoms with van der Waals surface area (Å²) >= 11 is 1.34. The second-order valence-electron chi connectivity index (χ2n) is 3.74. The highest BCUT2D eigenvalue weighted by atomic mass is 32.2. The van der Waals surface area contributed by atoms with Gasteiger partial charge >= 0.3 is 5.97 Å². The Balaban J connectivity index is 2.27. The Morgan fingerprint density at radius 1 is 1.40 bits per heavy atom. The predicted molar refractivity (Wildman–Crippen MR) is 73.9 cm³/mol. The average Bonchev–Trinajstić information content (AvgIpc) is 2.98. The van der Waals surface area contributed by atoms with Gasteiger partial charge in [0.25, 0.3) is 0 Å². The molecular formula is C12H12N2O4S2. The Labute approximate surface area is 120 Å². The zero-order valence-electron chi connectivity index (χ0n) is 10.6. The molecular weight excluding hydrogens is 300 g/mol. The maximum Gasteiger partial charge on any atom is 0.339 e. The van der Waals surface area contributed by atoms with Crippen LogP contribution < -0.4 is 4.72 Å². The van der Waals surface area contributed by atoms with E-state index in [0.29, 0.717) is 5.01 Å². The quantitative estimate of drug-likeness (QED) is 0.844. The van der Waals surface area contributed by atoms with Crippen LogP contribution in [-0.4, -0.2) is 26.5 Å². The molecule has 0 saturated heterocycles. The second-order valence-corrected chi connectivity index (χ2v) is 6.45. The van der Waals surface area contributed by atoms with Crippen molar-refractivity contribution in [1.29, 1.82) is 0 Å². The second kappa shape index (κ2) is 6.12. The van der Waals surface area contributed by atoms with Crippen molar-refractivity contribution in [2.45, 2.75) is 11.4 Å². The van der Waals surface area contributed by atoms with E-state index in [0.717, 1.165) is 0 Å². The molecule has 0 saturated carbocycles. The number of hydrogen-bond donors (Lipinski definition) is 1. The standard InChI is InChI=1S/C12H12N2O4S2/c1-18-12(15)9-4-2-3-5-10(9)20(16,17)14-8-11-13-6-7-19-11/h2-7,14H,8H2,1H3. The molecule has 0 unspecified atom stereocenters. The molecule has 6 nitrogen and oxygen atoms in total. The molecule has 0 fully saturated rings. The molecule has 0 aliphatic heterocycles. The zero-order valence-corrected chi connectivity index (χ0v) is 12.2. The largest absolute Gasteiger partial charge is 0.465 e. The number of thiazole rings is 1. The van der Waals surface area contributed by atoms with Gasteiger partial charge in [-0.05, 0) is 12.1 Å². The lowest BCUT2D eigenvalue weighted by Gasteiger charge is -2.09. The maximum absolute atomic E-state index is 12.2. The third kappa shape index (κ3) is 3.21. The molecule has 20 heavy (non-hydrogen) atoms. The van der Waals surface area contributed by atoms with Crippen LogP contribution in [-0.2, 0) is 21.3 Å². The number of carbonyl (C=O) groups excluding carboxylic acids is 1. The number of sulfonamides is 1. The summed E-state index contributed by atoms with van der Waals surface area (Å²) in [6.07, 6.45) is 1.59. The van der Waals surface area contributed by atoms with Crippen molar-refractivity contribution in [3.8, 4) is 0 Å². The number of rotatable bonds is 5. The van der Waals surface area contributed by atoms with Crippen LogP contribution in [0, 0.1) is 0 Å². The first kappa shape index (κ1) is 14.6. The van der Waals surface area contributed by atoms with Crippen molar-refractivity contribution < 1.29 is 17.9 Å². The molecule has 0 atom stereocenters. The number of esters is 1. The summed E-state index contributed by atoms with van der Waals surface area (Å²) in [5.74, 6) is -0.694. The molecule has 2 rings (SSSR count). The van der Waals surface area contributed by atoms with Gasteiger partial charge < -0.3 is 4.74 Å². The number of hydrogen-bond acceptors (Lipinski definition) is 6. The normalized spacial score (nSPS) is 11.2. The van der Waals surface area contributed by atoms with Gasteiger partial charge in [0.05, 0.1) is 24.1 Å². The first-order chi connectivity index (χ1) is 9.54. The molecule has 0 bridgehead atoms. The van der Waals surface area contributed by atoms with Crippen molar-refractivity contribution in [2.75, 3.05) is 7.11 Å². The fourth-order valence-corrected chi connectivity index (χ4v) is 3.38. The SMILES string of the molecule is COC(=O)c1ccccc1S(=O)(=O)NCc1nccs1. The van der Waals surface area contributed by atoms with E-state index in [1.54, 1.807) is 23.7 Å². The van der Waals surface area contributed by atoms with Crippen molar-refractivity contribution in [1.82, 2.24) is 9.71 Å². The zero-order chi connectivity index (χ0) is 14.6. The van der Waals surface area contributed by atoms with Crippen LogP contribution in [0.15, 0.2) is 40.7 Å². The Hall–Kier alpha value is -1.77. The van der Waals surface area contributed by atoms with Crippen LogP contribution in [0.4, 0.5) is 0 Å². The Morgan fingerprint density at radius 3 is 2.80 bits per heavy atom. The molecule has 0 aliphatic carbocycles.